The van der Waals surface area contributed by atoms with Crippen LogP contribution < -0.4 is 5.32 Å². The lowest BCUT2D eigenvalue weighted by atomic mass is 10.1. The zero-order valence-electron chi connectivity index (χ0n) is 14.7. The Labute approximate surface area is 150 Å². The number of benzene rings is 2. The summed E-state index contributed by atoms with van der Waals surface area (Å²) in [6.07, 6.45) is -2.55. The largest absolute Gasteiger partial charge is 0.416 e. The van der Waals surface area contributed by atoms with E-state index in [1.54, 1.807) is 18.9 Å². The van der Waals surface area contributed by atoms with E-state index in [1.165, 1.54) is 17.7 Å². The molecule has 2 amide bonds. The molecular weight excluding hydrogens is 341 g/mol. The molecule has 1 aliphatic carbocycles. The van der Waals surface area contributed by atoms with Crippen LogP contribution in [0.5, 0.6) is 0 Å². The fourth-order valence-electron chi connectivity index (χ4n) is 3.41. The van der Waals surface area contributed by atoms with Gasteiger partial charge in [0.25, 0.3) is 0 Å². The van der Waals surface area contributed by atoms with E-state index in [1.807, 2.05) is 18.2 Å². The molecule has 2 unspecified atom stereocenters. The molecule has 0 saturated heterocycles. The van der Waals surface area contributed by atoms with Gasteiger partial charge in [-0.25, -0.2) is 4.79 Å². The van der Waals surface area contributed by atoms with Crippen molar-refractivity contribution < 1.29 is 18.0 Å². The number of hydrogen-bond donors (Lipinski definition) is 1. The second-order valence-corrected chi connectivity index (χ2v) is 6.66. The van der Waals surface area contributed by atoms with Gasteiger partial charge in [0.2, 0.25) is 0 Å². The Morgan fingerprint density at radius 2 is 1.81 bits per heavy atom. The lowest BCUT2D eigenvalue weighted by Crippen LogP contribution is -2.40. The quantitative estimate of drug-likeness (QED) is 0.810. The molecule has 2 atom stereocenters. The van der Waals surface area contributed by atoms with Crippen LogP contribution in [-0.2, 0) is 12.6 Å². The average molecular weight is 362 g/mol. The van der Waals surface area contributed by atoms with E-state index >= 15 is 0 Å². The number of carbonyl (C=O) groups is 1. The zero-order valence-corrected chi connectivity index (χ0v) is 14.7. The average Bonchev–Trinajstić information content (AvgIpc) is 3.04. The number of nitrogens with zero attached hydrogens (tertiary/aromatic N) is 1. The molecule has 0 radical (unpaired) electrons. The number of nitrogens with one attached hydrogen (secondary N) is 1. The van der Waals surface area contributed by atoms with Crippen LogP contribution in [0, 0.1) is 0 Å². The van der Waals surface area contributed by atoms with Crippen molar-refractivity contribution in [1.82, 2.24) is 10.2 Å². The summed E-state index contributed by atoms with van der Waals surface area (Å²) in [4.78, 5) is 14.3. The Morgan fingerprint density at radius 3 is 2.46 bits per heavy atom. The standard InChI is InChI=1S/C20H21F3N2O/c1-13(14-7-10-16(11-8-14)20(21,22)23)24-19(26)25(2)18-12-9-15-5-3-4-6-17(15)18/h3-8,10-11,13,18H,9,12H2,1-2H3,(H,24,26). The second kappa shape index (κ2) is 7.02. The van der Waals surface area contributed by atoms with Gasteiger partial charge in [-0.2, -0.15) is 13.2 Å². The predicted molar refractivity (Wildman–Crippen MR) is 93.7 cm³/mol. The van der Waals surface area contributed by atoms with Crippen molar-refractivity contribution in [2.45, 2.75) is 38.0 Å². The van der Waals surface area contributed by atoms with E-state index in [2.05, 4.69) is 11.4 Å². The summed E-state index contributed by atoms with van der Waals surface area (Å²) in [6, 6.07) is 12.3. The van der Waals surface area contributed by atoms with E-state index in [-0.39, 0.29) is 18.1 Å². The molecule has 138 valence electrons. The van der Waals surface area contributed by atoms with Gasteiger partial charge in [0.15, 0.2) is 0 Å². The molecule has 0 aliphatic heterocycles. The molecule has 3 rings (SSSR count). The van der Waals surface area contributed by atoms with Crippen LogP contribution in [0.25, 0.3) is 0 Å². The molecule has 0 aromatic heterocycles. The molecule has 3 nitrogen and oxygen atoms in total. The Kier molecular flexibility index (Phi) is 4.94. The number of carbonyl (C=O) groups excluding carboxylic acids is 1. The third-order valence-electron chi connectivity index (χ3n) is 4.97. The monoisotopic (exact) mass is 362 g/mol. The number of halogens is 3. The minimum Gasteiger partial charge on any atom is -0.331 e. The highest BCUT2D eigenvalue weighted by molar-refractivity contribution is 5.75. The number of rotatable bonds is 3. The number of hydrogen-bond acceptors (Lipinski definition) is 1. The number of fused-ring (bicyclic) bond motifs is 1. The first-order valence-corrected chi connectivity index (χ1v) is 8.55. The van der Waals surface area contributed by atoms with Crippen molar-refractivity contribution in [2.75, 3.05) is 7.05 Å². The Morgan fingerprint density at radius 1 is 1.15 bits per heavy atom. The summed E-state index contributed by atoms with van der Waals surface area (Å²) in [7, 11) is 1.75. The van der Waals surface area contributed by atoms with E-state index in [4.69, 9.17) is 0 Å². The highest BCUT2D eigenvalue weighted by Crippen LogP contribution is 2.35. The van der Waals surface area contributed by atoms with Crippen molar-refractivity contribution >= 4 is 6.03 Å². The van der Waals surface area contributed by atoms with Crippen LogP contribution in [0.3, 0.4) is 0 Å². The molecular formula is C20H21F3N2O. The van der Waals surface area contributed by atoms with Gasteiger partial charge < -0.3 is 10.2 Å². The first-order chi connectivity index (χ1) is 12.3. The molecule has 2 aromatic carbocycles. The molecule has 1 aliphatic rings. The molecule has 2 aromatic rings. The third kappa shape index (κ3) is 3.69. The van der Waals surface area contributed by atoms with Crippen LogP contribution in [0.15, 0.2) is 48.5 Å². The van der Waals surface area contributed by atoms with E-state index in [0.717, 1.165) is 30.5 Å². The molecule has 0 saturated carbocycles. The van der Waals surface area contributed by atoms with Gasteiger partial charge in [-0.1, -0.05) is 36.4 Å². The lowest BCUT2D eigenvalue weighted by Gasteiger charge is -2.27. The van der Waals surface area contributed by atoms with Crippen LogP contribution in [0.1, 0.15) is 47.7 Å². The molecule has 1 N–H and O–H groups in total. The number of urea groups is 1. The van der Waals surface area contributed by atoms with Gasteiger partial charge in [-0.05, 0) is 48.6 Å². The fraction of sp³-hybridized carbons (Fsp3) is 0.350. The highest BCUT2D eigenvalue weighted by atomic mass is 19.4. The summed E-state index contributed by atoms with van der Waals surface area (Å²) in [6.45, 7) is 1.76. The van der Waals surface area contributed by atoms with E-state index in [9.17, 15) is 18.0 Å². The maximum Gasteiger partial charge on any atom is 0.416 e. The van der Waals surface area contributed by atoms with Crippen molar-refractivity contribution in [3.8, 4) is 0 Å². The minimum atomic E-state index is -4.36. The summed E-state index contributed by atoms with van der Waals surface area (Å²) >= 11 is 0. The number of aryl methyl sites for hydroxylation is 1. The first-order valence-electron chi connectivity index (χ1n) is 8.55. The predicted octanol–water partition coefficient (Wildman–Crippen LogP) is 5.10. The first kappa shape index (κ1) is 18.3. The van der Waals surface area contributed by atoms with Gasteiger partial charge >= 0.3 is 12.2 Å². The molecule has 0 fully saturated rings. The normalized spacial score (nSPS) is 17.5. The smallest absolute Gasteiger partial charge is 0.331 e. The van der Waals surface area contributed by atoms with Gasteiger partial charge in [-0.3, -0.25) is 0 Å². The minimum absolute atomic E-state index is 0.0194. The summed E-state index contributed by atoms with van der Waals surface area (Å²) in [5.41, 5.74) is 2.35. The van der Waals surface area contributed by atoms with Crippen LogP contribution in [-0.4, -0.2) is 18.0 Å². The van der Waals surface area contributed by atoms with Crippen molar-refractivity contribution in [1.29, 1.82) is 0 Å². The maximum atomic E-state index is 12.7. The van der Waals surface area contributed by atoms with Gasteiger partial charge in [0.05, 0.1) is 17.6 Å². The van der Waals surface area contributed by atoms with Crippen LogP contribution >= 0.6 is 0 Å². The third-order valence-corrected chi connectivity index (χ3v) is 4.97. The second-order valence-electron chi connectivity index (χ2n) is 6.66. The number of amides is 2. The van der Waals surface area contributed by atoms with Gasteiger partial charge in [0.1, 0.15) is 0 Å². The molecule has 0 heterocycles. The van der Waals surface area contributed by atoms with Gasteiger partial charge in [0, 0.05) is 7.05 Å². The topological polar surface area (TPSA) is 32.3 Å². The summed E-state index contributed by atoms with van der Waals surface area (Å²) in [5.74, 6) is 0. The SMILES string of the molecule is CC(NC(=O)N(C)C1CCc2ccccc21)c1ccc(C(F)(F)F)cc1. The van der Waals surface area contributed by atoms with Crippen LogP contribution in [0.4, 0.5) is 18.0 Å². The zero-order chi connectivity index (χ0) is 18.9. The molecule has 6 heteroatoms. The Hall–Kier alpha value is -2.50. The Bertz CT molecular complexity index is 786. The molecule has 0 bridgehead atoms. The molecule has 26 heavy (non-hydrogen) atoms. The summed E-state index contributed by atoms with van der Waals surface area (Å²) in [5, 5.41) is 2.87. The number of alkyl halides is 3. The maximum absolute atomic E-state index is 12.7. The highest BCUT2D eigenvalue weighted by Gasteiger charge is 2.31. The Balaban J connectivity index is 1.66. The van der Waals surface area contributed by atoms with Crippen molar-refractivity contribution in [3.63, 3.8) is 0 Å². The lowest BCUT2D eigenvalue weighted by molar-refractivity contribution is -0.137. The van der Waals surface area contributed by atoms with E-state index in [0.29, 0.717) is 5.56 Å². The van der Waals surface area contributed by atoms with Crippen LogP contribution in [0.2, 0.25) is 0 Å². The van der Waals surface area contributed by atoms with Gasteiger partial charge in [-0.15, -0.1) is 0 Å². The summed E-state index contributed by atoms with van der Waals surface area (Å²) < 4.78 is 38.0. The van der Waals surface area contributed by atoms with Crippen molar-refractivity contribution in [3.05, 3.63) is 70.8 Å². The molecule has 0 spiro atoms. The van der Waals surface area contributed by atoms with E-state index < -0.39 is 11.7 Å². The fourth-order valence-corrected chi connectivity index (χ4v) is 3.41. The van der Waals surface area contributed by atoms with Crippen molar-refractivity contribution in [2.24, 2.45) is 0 Å².